The summed E-state index contributed by atoms with van der Waals surface area (Å²) in [5.41, 5.74) is 0.128. The van der Waals surface area contributed by atoms with Crippen LogP contribution in [0.4, 0.5) is 19.0 Å². The lowest BCUT2D eigenvalue weighted by Gasteiger charge is -2.39. The first-order chi connectivity index (χ1) is 17.2. The molecule has 1 aromatic carbocycles. The van der Waals surface area contributed by atoms with E-state index in [0.29, 0.717) is 31.3 Å². The lowest BCUT2D eigenvalue weighted by atomic mass is 9.82. The van der Waals surface area contributed by atoms with E-state index in [1.807, 2.05) is 11.6 Å². The number of nitrogens with zero attached hydrogens (tertiary/aromatic N) is 3. The van der Waals surface area contributed by atoms with Crippen molar-refractivity contribution < 1.29 is 32.6 Å². The number of fused-ring (bicyclic) bond motifs is 1. The zero-order chi connectivity index (χ0) is 25.6. The molecule has 3 aliphatic rings. The van der Waals surface area contributed by atoms with Crippen molar-refractivity contribution in [1.82, 2.24) is 15.1 Å². The van der Waals surface area contributed by atoms with Gasteiger partial charge >= 0.3 is 6.18 Å². The first kappa shape index (κ1) is 24.8. The molecule has 0 spiro atoms. The van der Waals surface area contributed by atoms with Gasteiger partial charge in [-0.25, -0.2) is 4.68 Å². The number of aliphatic hydroxyl groups excluding tert-OH is 1. The number of aromatic nitrogens is 2. The van der Waals surface area contributed by atoms with Gasteiger partial charge in [0.05, 0.1) is 23.9 Å². The molecule has 36 heavy (non-hydrogen) atoms. The number of nitrogens with one attached hydrogen (secondary N) is 1. The summed E-state index contributed by atoms with van der Waals surface area (Å²) in [7, 11) is 0. The molecule has 2 aromatic rings. The molecule has 0 bridgehead atoms. The van der Waals surface area contributed by atoms with Gasteiger partial charge in [0.1, 0.15) is 11.9 Å². The number of carbonyl (C=O) groups is 2. The van der Waals surface area contributed by atoms with Crippen molar-refractivity contribution in [3.63, 3.8) is 0 Å². The van der Waals surface area contributed by atoms with Crippen molar-refractivity contribution >= 4 is 17.6 Å². The molecular formula is C25H29F3N4O4. The largest absolute Gasteiger partial charge is 0.416 e. The molecule has 5 rings (SSSR count). The molecule has 1 aromatic heterocycles. The third-order valence-electron chi connectivity index (χ3n) is 7.35. The molecule has 1 saturated carbocycles. The van der Waals surface area contributed by atoms with Gasteiger partial charge in [0, 0.05) is 36.8 Å². The van der Waals surface area contributed by atoms with E-state index in [4.69, 9.17) is 9.84 Å². The zero-order valence-corrected chi connectivity index (χ0v) is 19.9. The quantitative estimate of drug-likeness (QED) is 0.626. The van der Waals surface area contributed by atoms with Gasteiger partial charge in [-0.3, -0.25) is 14.5 Å². The molecule has 2 amide bonds. The van der Waals surface area contributed by atoms with E-state index < -0.39 is 29.6 Å². The Bertz CT molecular complexity index is 1150. The van der Waals surface area contributed by atoms with Crippen molar-refractivity contribution in [2.45, 2.75) is 63.4 Å². The van der Waals surface area contributed by atoms with E-state index in [9.17, 15) is 27.9 Å². The van der Waals surface area contributed by atoms with Crippen LogP contribution in [0.15, 0.2) is 24.3 Å². The third-order valence-corrected chi connectivity index (χ3v) is 7.35. The average molecular weight is 507 g/mol. The number of anilines is 1. The summed E-state index contributed by atoms with van der Waals surface area (Å²) in [6, 6.07) is 3.22. The lowest BCUT2D eigenvalue weighted by Crippen LogP contribution is -2.56. The van der Waals surface area contributed by atoms with Crippen LogP contribution < -0.4 is 10.2 Å². The molecule has 3 heterocycles. The van der Waals surface area contributed by atoms with Gasteiger partial charge in [0.15, 0.2) is 0 Å². The maximum absolute atomic E-state index is 13.8. The lowest BCUT2D eigenvalue weighted by molar-refractivity contribution is -0.137. The molecule has 1 saturated heterocycles. The van der Waals surface area contributed by atoms with Gasteiger partial charge in [0.25, 0.3) is 11.8 Å². The van der Waals surface area contributed by atoms with Gasteiger partial charge in [-0.1, -0.05) is 6.07 Å². The van der Waals surface area contributed by atoms with Crippen LogP contribution in [0.1, 0.15) is 71.7 Å². The predicted molar refractivity (Wildman–Crippen MR) is 123 cm³/mol. The number of alkyl halides is 3. The predicted octanol–water partition coefficient (Wildman–Crippen LogP) is 3.40. The summed E-state index contributed by atoms with van der Waals surface area (Å²) >= 11 is 0. The minimum atomic E-state index is -4.59. The van der Waals surface area contributed by atoms with Crippen LogP contribution in [0.25, 0.3) is 0 Å². The van der Waals surface area contributed by atoms with Crippen LogP contribution in [0.2, 0.25) is 0 Å². The van der Waals surface area contributed by atoms with Crippen LogP contribution in [0, 0.1) is 5.92 Å². The second-order valence-corrected chi connectivity index (χ2v) is 9.61. The summed E-state index contributed by atoms with van der Waals surface area (Å²) in [4.78, 5) is 28.5. The minimum absolute atomic E-state index is 0.0192. The van der Waals surface area contributed by atoms with Gasteiger partial charge < -0.3 is 15.2 Å². The SMILES string of the molecule is CCN1C(=O)[C@H](NC(=O)c2cccc(C(F)(F)F)c2)[C@H](C2CC2)c2c(CO)nn(C3CCOCC3)c21. The second-order valence-electron chi connectivity index (χ2n) is 9.61. The average Bonchev–Trinajstić information content (AvgIpc) is 3.64. The van der Waals surface area contributed by atoms with Crippen molar-refractivity contribution in [1.29, 1.82) is 0 Å². The Labute approximate surface area is 206 Å². The molecule has 8 nitrogen and oxygen atoms in total. The molecule has 2 atom stereocenters. The number of carbonyl (C=O) groups excluding carboxylic acids is 2. The number of amides is 2. The van der Waals surface area contributed by atoms with Crippen molar-refractivity contribution in [3.8, 4) is 0 Å². The summed E-state index contributed by atoms with van der Waals surface area (Å²) in [5.74, 6) is -0.719. The van der Waals surface area contributed by atoms with E-state index in [1.165, 1.54) is 12.1 Å². The first-order valence-electron chi connectivity index (χ1n) is 12.3. The highest BCUT2D eigenvalue weighted by molar-refractivity contribution is 6.05. The number of benzene rings is 1. The molecule has 11 heteroatoms. The maximum Gasteiger partial charge on any atom is 0.416 e. The Hall–Kier alpha value is -2.92. The smallest absolute Gasteiger partial charge is 0.390 e. The van der Waals surface area contributed by atoms with Crippen LogP contribution in [-0.2, 0) is 22.3 Å². The number of hydrogen-bond donors (Lipinski definition) is 2. The number of rotatable bonds is 6. The Balaban J connectivity index is 1.54. The molecule has 194 valence electrons. The fourth-order valence-corrected chi connectivity index (χ4v) is 5.47. The van der Waals surface area contributed by atoms with E-state index in [1.54, 1.807) is 4.90 Å². The zero-order valence-electron chi connectivity index (χ0n) is 19.9. The van der Waals surface area contributed by atoms with Gasteiger partial charge in [-0.05, 0) is 56.7 Å². The van der Waals surface area contributed by atoms with Crippen molar-refractivity contribution in [2.75, 3.05) is 24.7 Å². The third kappa shape index (κ3) is 4.39. The van der Waals surface area contributed by atoms with E-state index >= 15 is 0 Å². The fourth-order valence-electron chi connectivity index (χ4n) is 5.47. The van der Waals surface area contributed by atoms with Crippen LogP contribution in [-0.4, -0.2) is 52.5 Å². The van der Waals surface area contributed by atoms with Gasteiger partial charge in [-0.15, -0.1) is 0 Å². The molecule has 0 unspecified atom stereocenters. The number of ether oxygens (including phenoxy) is 1. The molecule has 2 fully saturated rings. The number of halogens is 3. The Morgan fingerprint density at radius 3 is 2.56 bits per heavy atom. The Morgan fingerprint density at radius 2 is 1.94 bits per heavy atom. The van der Waals surface area contributed by atoms with Crippen LogP contribution >= 0.6 is 0 Å². The molecule has 1 aliphatic carbocycles. The highest BCUT2D eigenvalue weighted by Gasteiger charge is 2.51. The normalized spacial score (nSPS) is 23.0. The van der Waals surface area contributed by atoms with Gasteiger partial charge in [-0.2, -0.15) is 18.3 Å². The van der Waals surface area contributed by atoms with E-state index in [2.05, 4.69) is 5.32 Å². The standard InChI is InChI=1S/C25H29F3N4O4/c1-2-31-23-20(18(13-33)30-32(23)17-8-10-36-11-9-17)19(14-6-7-14)21(24(31)35)29-22(34)15-4-3-5-16(12-15)25(26,27)28/h3-5,12,14,17,19,21,33H,2,6-11,13H2,1H3,(H,29,34)/t19-,21-/m1/s1. The molecule has 2 aliphatic heterocycles. The van der Waals surface area contributed by atoms with Crippen LogP contribution in [0.3, 0.4) is 0 Å². The first-order valence-corrected chi connectivity index (χ1v) is 12.3. The maximum atomic E-state index is 13.8. The molecule has 0 radical (unpaired) electrons. The summed E-state index contributed by atoms with van der Waals surface area (Å²) < 4.78 is 46.9. The van der Waals surface area contributed by atoms with E-state index in [-0.39, 0.29) is 30.0 Å². The number of aliphatic hydroxyl groups is 1. The highest BCUT2D eigenvalue weighted by Crippen LogP contribution is 2.52. The van der Waals surface area contributed by atoms with Crippen LogP contribution in [0.5, 0.6) is 0 Å². The van der Waals surface area contributed by atoms with E-state index in [0.717, 1.165) is 43.4 Å². The monoisotopic (exact) mass is 506 g/mol. The summed E-state index contributed by atoms with van der Waals surface area (Å²) in [6.45, 7) is 2.98. The van der Waals surface area contributed by atoms with Gasteiger partial charge in [0.2, 0.25) is 0 Å². The Morgan fingerprint density at radius 1 is 1.22 bits per heavy atom. The Kier molecular flexibility index (Phi) is 6.54. The van der Waals surface area contributed by atoms with Crippen molar-refractivity contribution in [3.05, 3.63) is 46.6 Å². The second kappa shape index (κ2) is 9.51. The van der Waals surface area contributed by atoms with Crippen molar-refractivity contribution in [2.24, 2.45) is 5.92 Å². The number of likely N-dealkylation sites (N-methyl/N-ethyl adjacent to an activating group) is 1. The number of hydrogen-bond acceptors (Lipinski definition) is 5. The molecular weight excluding hydrogens is 477 g/mol. The topological polar surface area (TPSA) is 96.7 Å². The minimum Gasteiger partial charge on any atom is -0.390 e. The molecule has 2 N–H and O–H groups in total. The fraction of sp³-hybridized carbons (Fsp3) is 0.560. The summed E-state index contributed by atoms with van der Waals surface area (Å²) in [6.07, 6.45) is -1.42. The summed E-state index contributed by atoms with van der Waals surface area (Å²) in [5, 5.41) is 17.7. The highest BCUT2D eigenvalue weighted by atomic mass is 19.4.